The molecule has 0 amide bonds. The summed E-state index contributed by atoms with van der Waals surface area (Å²) in [7, 11) is 1.72. The molecule has 1 saturated carbocycles. The van der Waals surface area contributed by atoms with E-state index in [2.05, 4.69) is 13.8 Å². The minimum absolute atomic E-state index is 0.201. The normalized spacial score (nSPS) is 36.9. The van der Waals surface area contributed by atoms with Crippen molar-refractivity contribution >= 4 is 0 Å². The standard InChI is InChI=1S/C11H23NO2/c1-4-11(2)9(12)8-10(11)14-7-5-6-13-3/h9-10H,4-8,12H2,1-3H3. The number of nitrogens with two attached hydrogens (primary N) is 1. The van der Waals surface area contributed by atoms with Crippen LogP contribution in [0, 0.1) is 5.41 Å². The van der Waals surface area contributed by atoms with Gasteiger partial charge in [0.1, 0.15) is 0 Å². The summed E-state index contributed by atoms with van der Waals surface area (Å²) in [5.41, 5.74) is 6.19. The average Bonchev–Trinajstić information content (AvgIpc) is 2.21. The first kappa shape index (κ1) is 12.0. The Morgan fingerprint density at radius 2 is 2.14 bits per heavy atom. The molecule has 0 aromatic heterocycles. The Labute approximate surface area is 86.9 Å². The van der Waals surface area contributed by atoms with Gasteiger partial charge in [-0.15, -0.1) is 0 Å². The Balaban J connectivity index is 2.20. The van der Waals surface area contributed by atoms with Gasteiger partial charge in [-0.05, 0) is 19.3 Å². The van der Waals surface area contributed by atoms with Crippen LogP contribution in [0.3, 0.4) is 0 Å². The highest BCUT2D eigenvalue weighted by molar-refractivity contribution is 5.02. The molecule has 84 valence electrons. The van der Waals surface area contributed by atoms with Gasteiger partial charge < -0.3 is 15.2 Å². The topological polar surface area (TPSA) is 44.5 Å². The Bertz CT molecular complexity index is 175. The molecule has 0 aromatic carbocycles. The molecule has 1 fully saturated rings. The molecule has 0 radical (unpaired) electrons. The lowest BCUT2D eigenvalue weighted by Gasteiger charge is -2.51. The maximum Gasteiger partial charge on any atom is 0.0658 e. The molecule has 0 aliphatic heterocycles. The van der Waals surface area contributed by atoms with Crippen LogP contribution in [0.15, 0.2) is 0 Å². The van der Waals surface area contributed by atoms with Gasteiger partial charge in [-0.2, -0.15) is 0 Å². The van der Waals surface area contributed by atoms with Gasteiger partial charge in [0.25, 0.3) is 0 Å². The fraction of sp³-hybridized carbons (Fsp3) is 1.00. The Morgan fingerprint density at radius 3 is 2.64 bits per heavy atom. The van der Waals surface area contributed by atoms with Crippen molar-refractivity contribution in [2.24, 2.45) is 11.1 Å². The molecule has 1 rings (SSSR count). The highest BCUT2D eigenvalue weighted by atomic mass is 16.5. The molecule has 3 unspecified atom stereocenters. The molecule has 0 aromatic rings. The molecular formula is C11H23NO2. The van der Waals surface area contributed by atoms with E-state index < -0.39 is 0 Å². The van der Waals surface area contributed by atoms with Crippen molar-refractivity contribution in [3.8, 4) is 0 Å². The first-order valence-electron chi connectivity index (χ1n) is 5.51. The Morgan fingerprint density at radius 1 is 1.43 bits per heavy atom. The highest BCUT2D eigenvalue weighted by Gasteiger charge is 2.49. The highest BCUT2D eigenvalue weighted by Crippen LogP contribution is 2.44. The van der Waals surface area contributed by atoms with Gasteiger partial charge in [-0.1, -0.05) is 13.8 Å². The summed E-state index contributed by atoms with van der Waals surface area (Å²) >= 11 is 0. The molecule has 14 heavy (non-hydrogen) atoms. The lowest BCUT2D eigenvalue weighted by atomic mass is 9.62. The van der Waals surface area contributed by atoms with E-state index in [9.17, 15) is 0 Å². The quantitative estimate of drug-likeness (QED) is 0.663. The third-order valence-corrected chi connectivity index (χ3v) is 3.62. The number of ether oxygens (including phenoxy) is 2. The lowest BCUT2D eigenvalue weighted by molar-refractivity contribution is -0.121. The number of methoxy groups -OCH3 is 1. The molecule has 0 heterocycles. The predicted octanol–water partition coefficient (Wildman–Crippen LogP) is 1.56. The first-order valence-corrected chi connectivity index (χ1v) is 5.51. The zero-order valence-electron chi connectivity index (χ0n) is 9.58. The van der Waals surface area contributed by atoms with Crippen molar-refractivity contribution in [2.75, 3.05) is 20.3 Å². The number of rotatable bonds is 6. The van der Waals surface area contributed by atoms with Gasteiger partial charge in [0.05, 0.1) is 6.10 Å². The smallest absolute Gasteiger partial charge is 0.0658 e. The molecular weight excluding hydrogens is 178 g/mol. The molecule has 3 heteroatoms. The number of hydrogen-bond donors (Lipinski definition) is 1. The van der Waals surface area contributed by atoms with Crippen molar-refractivity contribution in [3.63, 3.8) is 0 Å². The predicted molar refractivity (Wildman–Crippen MR) is 57.2 cm³/mol. The van der Waals surface area contributed by atoms with E-state index in [1.54, 1.807) is 7.11 Å². The number of hydrogen-bond acceptors (Lipinski definition) is 3. The van der Waals surface area contributed by atoms with E-state index in [1.807, 2.05) is 0 Å². The Kier molecular flexibility index (Phi) is 4.35. The zero-order chi connectivity index (χ0) is 10.6. The minimum atomic E-state index is 0.201. The van der Waals surface area contributed by atoms with Crippen molar-refractivity contribution in [2.45, 2.75) is 45.3 Å². The van der Waals surface area contributed by atoms with Crippen LogP contribution in [0.25, 0.3) is 0 Å². The second-order valence-corrected chi connectivity index (χ2v) is 4.41. The van der Waals surface area contributed by atoms with Crippen molar-refractivity contribution < 1.29 is 9.47 Å². The largest absolute Gasteiger partial charge is 0.385 e. The fourth-order valence-electron chi connectivity index (χ4n) is 2.02. The molecule has 2 N–H and O–H groups in total. The van der Waals surface area contributed by atoms with E-state index in [1.165, 1.54) is 0 Å². The zero-order valence-corrected chi connectivity index (χ0v) is 9.58. The summed E-state index contributed by atoms with van der Waals surface area (Å²) in [4.78, 5) is 0. The second kappa shape index (κ2) is 5.10. The summed E-state index contributed by atoms with van der Waals surface area (Å²) in [6, 6.07) is 0.319. The van der Waals surface area contributed by atoms with Crippen LogP contribution in [0.1, 0.15) is 33.1 Å². The summed E-state index contributed by atoms with van der Waals surface area (Å²) in [6.07, 6.45) is 3.45. The van der Waals surface area contributed by atoms with Crippen molar-refractivity contribution in [1.82, 2.24) is 0 Å². The summed E-state index contributed by atoms with van der Waals surface area (Å²) < 4.78 is 10.8. The van der Waals surface area contributed by atoms with Crippen LogP contribution in [0.5, 0.6) is 0 Å². The van der Waals surface area contributed by atoms with Gasteiger partial charge >= 0.3 is 0 Å². The van der Waals surface area contributed by atoms with Crippen LogP contribution < -0.4 is 5.73 Å². The monoisotopic (exact) mass is 201 g/mol. The lowest BCUT2D eigenvalue weighted by Crippen LogP contribution is -2.60. The SMILES string of the molecule is CCC1(C)C(N)CC1OCCCOC. The third-order valence-electron chi connectivity index (χ3n) is 3.62. The first-order chi connectivity index (χ1) is 6.65. The van der Waals surface area contributed by atoms with Crippen LogP contribution >= 0.6 is 0 Å². The molecule has 0 spiro atoms. The van der Waals surface area contributed by atoms with Gasteiger partial charge in [0.2, 0.25) is 0 Å². The van der Waals surface area contributed by atoms with Crippen molar-refractivity contribution in [3.05, 3.63) is 0 Å². The van der Waals surface area contributed by atoms with Gasteiger partial charge in [0.15, 0.2) is 0 Å². The second-order valence-electron chi connectivity index (χ2n) is 4.41. The maximum atomic E-state index is 5.98. The van der Waals surface area contributed by atoms with E-state index in [0.717, 1.165) is 32.5 Å². The summed E-state index contributed by atoms with van der Waals surface area (Å²) in [5.74, 6) is 0. The van der Waals surface area contributed by atoms with E-state index in [-0.39, 0.29) is 5.41 Å². The maximum absolute atomic E-state index is 5.98. The summed E-state index contributed by atoms with van der Waals surface area (Å²) in [6.45, 7) is 5.98. The minimum Gasteiger partial charge on any atom is -0.385 e. The molecule has 1 aliphatic carbocycles. The molecule has 0 bridgehead atoms. The summed E-state index contributed by atoms with van der Waals surface area (Å²) in [5, 5.41) is 0. The molecule has 3 nitrogen and oxygen atoms in total. The van der Waals surface area contributed by atoms with Crippen LogP contribution in [-0.2, 0) is 9.47 Å². The van der Waals surface area contributed by atoms with Gasteiger partial charge in [-0.3, -0.25) is 0 Å². The van der Waals surface area contributed by atoms with Crippen LogP contribution in [0.2, 0.25) is 0 Å². The van der Waals surface area contributed by atoms with E-state index in [0.29, 0.717) is 12.1 Å². The van der Waals surface area contributed by atoms with Crippen molar-refractivity contribution in [1.29, 1.82) is 0 Å². The average molecular weight is 201 g/mol. The molecule has 0 saturated heterocycles. The van der Waals surface area contributed by atoms with E-state index >= 15 is 0 Å². The van der Waals surface area contributed by atoms with Gasteiger partial charge in [0, 0.05) is 31.8 Å². The van der Waals surface area contributed by atoms with E-state index in [4.69, 9.17) is 15.2 Å². The Hall–Kier alpha value is -0.120. The molecule has 3 atom stereocenters. The van der Waals surface area contributed by atoms with Crippen LogP contribution in [0.4, 0.5) is 0 Å². The molecule has 1 aliphatic rings. The fourth-order valence-corrected chi connectivity index (χ4v) is 2.02. The van der Waals surface area contributed by atoms with Gasteiger partial charge in [-0.25, -0.2) is 0 Å². The third kappa shape index (κ3) is 2.27. The van der Waals surface area contributed by atoms with Crippen LogP contribution in [-0.4, -0.2) is 32.5 Å².